The van der Waals surface area contributed by atoms with Crippen LogP contribution in [0.5, 0.6) is 0 Å². The molecule has 1 aromatic heterocycles. The van der Waals surface area contributed by atoms with Crippen LogP contribution in [0, 0.1) is 5.92 Å². The fourth-order valence-corrected chi connectivity index (χ4v) is 3.95. The van der Waals surface area contributed by atoms with E-state index in [-0.39, 0.29) is 11.8 Å². The van der Waals surface area contributed by atoms with Gasteiger partial charge in [-0.05, 0) is 54.3 Å². The van der Waals surface area contributed by atoms with Gasteiger partial charge in [-0.3, -0.25) is 14.6 Å². The first-order valence-corrected chi connectivity index (χ1v) is 12.1. The van der Waals surface area contributed by atoms with E-state index in [2.05, 4.69) is 41.3 Å². The molecule has 3 rings (SSSR count). The maximum Gasteiger partial charge on any atom is 0.247 e. The van der Waals surface area contributed by atoms with Gasteiger partial charge in [-0.15, -0.1) is 0 Å². The Kier molecular flexibility index (Phi) is 9.89. The largest absolute Gasteiger partial charge is 0.374 e. The third-order valence-corrected chi connectivity index (χ3v) is 5.88. The zero-order valence-corrected chi connectivity index (χ0v) is 20.3. The second-order valence-electron chi connectivity index (χ2n) is 9.02. The maximum atomic E-state index is 13.5. The summed E-state index contributed by atoms with van der Waals surface area (Å²) >= 11 is 0. The summed E-state index contributed by atoms with van der Waals surface area (Å²) in [6.45, 7) is 6.90. The van der Waals surface area contributed by atoms with Crippen LogP contribution < -0.4 is 5.32 Å². The summed E-state index contributed by atoms with van der Waals surface area (Å²) in [7, 11) is 0. The first kappa shape index (κ1) is 25.2. The van der Waals surface area contributed by atoms with E-state index in [0.29, 0.717) is 25.4 Å². The highest BCUT2D eigenvalue weighted by atomic mass is 16.2. The predicted molar refractivity (Wildman–Crippen MR) is 136 cm³/mol. The fourth-order valence-electron chi connectivity index (χ4n) is 3.95. The van der Waals surface area contributed by atoms with Crippen LogP contribution in [0.1, 0.15) is 50.3 Å². The van der Waals surface area contributed by atoms with Gasteiger partial charge in [0.2, 0.25) is 11.8 Å². The molecule has 1 aliphatic rings. The van der Waals surface area contributed by atoms with Crippen molar-refractivity contribution in [2.45, 2.75) is 45.7 Å². The number of carbonyl (C=O) groups is 2. The maximum absolute atomic E-state index is 13.5. The molecule has 0 bridgehead atoms. The normalized spacial score (nSPS) is 13.7. The van der Waals surface area contributed by atoms with Crippen molar-refractivity contribution in [2.24, 2.45) is 5.92 Å². The van der Waals surface area contributed by atoms with Crippen molar-refractivity contribution in [3.63, 3.8) is 0 Å². The summed E-state index contributed by atoms with van der Waals surface area (Å²) in [5.41, 5.74) is 1.80. The predicted octanol–water partition coefficient (Wildman–Crippen LogP) is 4.48. The number of pyridine rings is 1. The van der Waals surface area contributed by atoms with Crippen LogP contribution in [-0.4, -0.2) is 46.2 Å². The highest BCUT2D eigenvalue weighted by Crippen LogP contribution is 2.24. The molecule has 0 saturated heterocycles. The molecule has 180 valence electrons. The number of carbonyl (C=O) groups excluding carboxylic acids is 2. The summed E-state index contributed by atoms with van der Waals surface area (Å²) < 4.78 is 0. The Balaban J connectivity index is 1.74. The highest BCUT2D eigenvalue weighted by Gasteiger charge is 2.31. The molecule has 1 aromatic carbocycles. The average Bonchev–Trinajstić information content (AvgIpc) is 2.86. The monoisotopic (exact) mass is 460 g/mol. The van der Waals surface area contributed by atoms with E-state index in [9.17, 15) is 9.59 Å². The molecular weight excluding hydrogens is 424 g/mol. The number of nitrogens with zero attached hydrogens (tertiary/aromatic N) is 3. The van der Waals surface area contributed by atoms with Gasteiger partial charge in [-0.25, -0.2) is 0 Å². The van der Waals surface area contributed by atoms with E-state index in [1.54, 1.807) is 17.3 Å². The Morgan fingerprint density at radius 2 is 1.85 bits per heavy atom. The standard InChI is InChI=1S/C28H36N4O2/c1-23(2)15-21-32(26(33)12-9-20-31-18-7-4-8-19-31)27(25-13-16-29-17-14-25)28(34)30-22-24-10-5-3-6-11-24/h3-8,10-11,13-14,16-18,23,27H,9,12,15,19-22H2,1-2H3,(H,30,34). The molecule has 6 nitrogen and oxygen atoms in total. The third kappa shape index (κ3) is 7.87. The molecule has 6 heteroatoms. The first-order valence-electron chi connectivity index (χ1n) is 12.1. The lowest BCUT2D eigenvalue weighted by atomic mass is 10.0. The van der Waals surface area contributed by atoms with Gasteiger partial charge in [0.1, 0.15) is 6.04 Å². The summed E-state index contributed by atoms with van der Waals surface area (Å²) in [6.07, 6.45) is 13.5. The van der Waals surface area contributed by atoms with Crippen LogP contribution in [0.2, 0.25) is 0 Å². The molecule has 2 aromatic rings. The molecule has 34 heavy (non-hydrogen) atoms. The second-order valence-corrected chi connectivity index (χ2v) is 9.02. The number of benzene rings is 1. The Bertz CT molecular complexity index is 957. The Morgan fingerprint density at radius 1 is 1.09 bits per heavy atom. The van der Waals surface area contributed by atoms with Gasteiger partial charge >= 0.3 is 0 Å². The minimum atomic E-state index is -0.684. The van der Waals surface area contributed by atoms with E-state index >= 15 is 0 Å². The molecule has 1 unspecified atom stereocenters. The molecule has 0 fully saturated rings. The van der Waals surface area contributed by atoms with Gasteiger partial charge in [0.15, 0.2) is 0 Å². The number of rotatable bonds is 12. The van der Waals surface area contributed by atoms with E-state index in [1.807, 2.05) is 54.6 Å². The number of amides is 2. The molecule has 2 heterocycles. The van der Waals surface area contributed by atoms with Crippen molar-refractivity contribution < 1.29 is 9.59 Å². The molecular formula is C28H36N4O2. The van der Waals surface area contributed by atoms with Gasteiger partial charge in [0, 0.05) is 45.0 Å². The Morgan fingerprint density at radius 3 is 2.53 bits per heavy atom. The zero-order chi connectivity index (χ0) is 24.2. The highest BCUT2D eigenvalue weighted by molar-refractivity contribution is 5.88. The van der Waals surface area contributed by atoms with Crippen LogP contribution in [-0.2, 0) is 16.1 Å². The van der Waals surface area contributed by atoms with Crippen LogP contribution >= 0.6 is 0 Å². The molecule has 1 atom stereocenters. The summed E-state index contributed by atoms with van der Waals surface area (Å²) in [5.74, 6) is 0.260. The van der Waals surface area contributed by atoms with Crippen molar-refractivity contribution in [2.75, 3.05) is 19.6 Å². The number of nitrogens with one attached hydrogen (secondary N) is 1. The van der Waals surface area contributed by atoms with Gasteiger partial charge in [0.25, 0.3) is 0 Å². The molecule has 2 amide bonds. The van der Waals surface area contributed by atoms with Crippen LogP contribution in [0.3, 0.4) is 0 Å². The molecule has 1 aliphatic heterocycles. The Labute approximate surface area is 203 Å². The number of hydrogen-bond donors (Lipinski definition) is 1. The topological polar surface area (TPSA) is 65.5 Å². The molecule has 1 N–H and O–H groups in total. The molecule has 0 radical (unpaired) electrons. The van der Waals surface area contributed by atoms with Crippen LogP contribution in [0.25, 0.3) is 0 Å². The second kappa shape index (κ2) is 13.3. The smallest absolute Gasteiger partial charge is 0.247 e. The van der Waals surface area contributed by atoms with Gasteiger partial charge in [0.05, 0.1) is 0 Å². The zero-order valence-electron chi connectivity index (χ0n) is 20.3. The van der Waals surface area contributed by atoms with Crippen molar-refractivity contribution in [1.82, 2.24) is 20.1 Å². The fraction of sp³-hybridized carbons (Fsp3) is 0.393. The van der Waals surface area contributed by atoms with Crippen molar-refractivity contribution in [3.8, 4) is 0 Å². The van der Waals surface area contributed by atoms with E-state index in [1.165, 1.54) is 0 Å². The summed E-state index contributed by atoms with van der Waals surface area (Å²) in [6, 6.07) is 12.8. The van der Waals surface area contributed by atoms with Crippen molar-refractivity contribution in [1.29, 1.82) is 0 Å². The third-order valence-electron chi connectivity index (χ3n) is 5.88. The van der Waals surface area contributed by atoms with Gasteiger partial charge in [-0.1, -0.05) is 56.3 Å². The average molecular weight is 461 g/mol. The van der Waals surface area contributed by atoms with Crippen LogP contribution in [0.15, 0.2) is 79.3 Å². The van der Waals surface area contributed by atoms with Crippen LogP contribution in [0.4, 0.5) is 0 Å². The Hall–Kier alpha value is -3.41. The minimum absolute atomic E-state index is 0.00820. The van der Waals surface area contributed by atoms with Gasteiger partial charge in [-0.2, -0.15) is 0 Å². The number of allylic oxidation sites excluding steroid dienone is 2. The van der Waals surface area contributed by atoms with Crippen molar-refractivity contribution in [3.05, 3.63) is 90.4 Å². The van der Waals surface area contributed by atoms with Gasteiger partial charge < -0.3 is 15.1 Å². The first-order chi connectivity index (χ1) is 16.5. The summed E-state index contributed by atoms with van der Waals surface area (Å²) in [4.78, 5) is 35.0. The number of hydrogen-bond acceptors (Lipinski definition) is 4. The summed E-state index contributed by atoms with van der Waals surface area (Å²) in [5, 5.41) is 3.05. The lowest BCUT2D eigenvalue weighted by Gasteiger charge is -2.32. The minimum Gasteiger partial charge on any atom is -0.374 e. The van der Waals surface area contributed by atoms with Crippen molar-refractivity contribution >= 4 is 11.8 Å². The quantitative estimate of drug-likeness (QED) is 0.507. The van der Waals surface area contributed by atoms with E-state index in [4.69, 9.17) is 0 Å². The lowest BCUT2D eigenvalue weighted by molar-refractivity contribution is -0.141. The molecule has 0 spiro atoms. The number of aromatic nitrogens is 1. The van der Waals surface area contributed by atoms with E-state index in [0.717, 1.165) is 37.1 Å². The lowest BCUT2D eigenvalue weighted by Crippen LogP contribution is -2.44. The van der Waals surface area contributed by atoms with E-state index < -0.39 is 6.04 Å². The molecule has 0 saturated carbocycles. The molecule has 0 aliphatic carbocycles. The SMILES string of the molecule is CC(C)CCN(C(=O)CCCN1C=CC=CC1)C(C(=O)NCc1ccccc1)c1ccncc1.